The van der Waals surface area contributed by atoms with Crippen molar-refractivity contribution in [3.05, 3.63) is 60.2 Å². The number of amides is 2. The van der Waals surface area contributed by atoms with E-state index in [4.69, 9.17) is 4.74 Å². The normalized spacial score (nSPS) is 15.0. The van der Waals surface area contributed by atoms with Gasteiger partial charge in [-0.05, 0) is 42.3 Å². The molecule has 132 valence electrons. The van der Waals surface area contributed by atoms with Crippen LogP contribution in [0.1, 0.15) is 18.4 Å². The number of nitrogens with zero attached hydrogens (tertiary/aromatic N) is 2. The smallest absolute Gasteiger partial charge is 0.317 e. The summed E-state index contributed by atoms with van der Waals surface area (Å²) in [6.45, 7) is 1.91. The Morgan fingerprint density at radius 1 is 1.24 bits per heavy atom. The molecule has 1 aliphatic heterocycles. The molecule has 6 heteroatoms. The zero-order valence-corrected chi connectivity index (χ0v) is 14.0. The zero-order chi connectivity index (χ0) is 17.5. The molecule has 1 aliphatic rings. The van der Waals surface area contributed by atoms with Crippen LogP contribution in [-0.2, 0) is 6.42 Å². The number of ether oxygens (including phenoxy) is 1. The number of pyridine rings is 1. The largest absolute Gasteiger partial charge is 0.490 e. The van der Waals surface area contributed by atoms with Crippen molar-refractivity contribution < 1.29 is 13.9 Å². The minimum Gasteiger partial charge on any atom is -0.490 e. The summed E-state index contributed by atoms with van der Waals surface area (Å²) >= 11 is 0. The van der Waals surface area contributed by atoms with Gasteiger partial charge in [-0.2, -0.15) is 0 Å². The first-order valence-electron chi connectivity index (χ1n) is 8.54. The average Bonchev–Trinajstić information content (AvgIpc) is 2.65. The van der Waals surface area contributed by atoms with Crippen LogP contribution >= 0.6 is 0 Å². The number of hydrogen-bond acceptors (Lipinski definition) is 3. The number of aromatic nitrogens is 1. The number of piperidine rings is 1. The summed E-state index contributed by atoms with van der Waals surface area (Å²) in [5.41, 5.74) is 1.11. The number of halogens is 1. The molecule has 1 aromatic carbocycles. The minimum atomic E-state index is -0.273. The van der Waals surface area contributed by atoms with Gasteiger partial charge >= 0.3 is 6.03 Å². The van der Waals surface area contributed by atoms with Crippen molar-refractivity contribution in [2.24, 2.45) is 0 Å². The SMILES string of the molecule is O=C(NCCc1cccnc1)N1CCC(Oc2ccc(F)cc2)CC1. The van der Waals surface area contributed by atoms with Gasteiger partial charge in [-0.25, -0.2) is 9.18 Å². The monoisotopic (exact) mass is 343 g/mol. The number of likely N-dealkylation sites (tertiary alicyclic amines) is 1. The lowest BCUT2D eigenvalue weighted by molar-refractivity contribution is 0.111. The number of urea groups is 1. The summed E-state index contributed by atoms with van der Waals surface area (Å²) in [4.78, 5) is 18.1. The third kappa shape index (κ3) is 5.17. The summed E-state index contributed by atoms with van der Waals surface area (Å²) in [7, 11) is 0. The van der Waals surface area contributed by atoms with E-state index in [0.29, 0.717) is 25.4 Å². The lowest BCUT2D eigenvalue weighted by atomic mass is 10.1. The van der Waals surface area contributed by atoms with Crippen molar-refractivity contribution in [3.63, 3.8) is 0 Å². The Labute approximate surface area is 146 Å². The summed E-state index contributed by atoms with van der Waals surface area (Å²) in [5, 5.41) is 2.95. The number of rotatable bonds is 5. The van der Waals surface area contributed by atoms with Crippen LogP contribution in [0, 0.1) is 5.82 Å². The van der Waals surface area contributed by atoms with Crippen LogP contribution in [0.2, 0.25) is 0 Å². The molecular formula is C19H22FN3O2. The highest BCUT2D eigenvalue weighted by molar-refractivity contribution is 5.74. The Kier molecular flexibility index (Phi) is 5.82. The molecule has 25 heavy (non-hydrogen) atoms. The van der Waals surface area contributed by atoms with Gasteiger partial charge in [0.05, 0.1) is 0 Å². The van der Waals surface area contributed by atoms with Gasteiger partial charge in [0.15, 0.2) is 0 Å². The second kappa shape index (κ2) is 8.46. The third-order valence-corrected chi connectivity index (χ3v) is 4.26. The first-order chi connectivity index (χ1) is 12.2. The van der Waals surface area contributed by atoms with Gasteiger partial charge in [-0.1, -0.05) is 6.07 Å². The van der Waals surface area contributed by atoms with Gasteiger partial charge in [-0.3, -0.25) is 4.98 Å². The summed E-state index contributed by atoms with van der Waals surface area (Å²) < 4.78 is 18.8. The molecule has 0 unspecified atom stereocenters. The average molecular weight is 343 g/mol. The summed E-state index contributed by atoms with van der Waals surface area (Å²) in [6, 6.07) is 9.89. The third-order valence-electron chi connectivity index (χ3n) is 4.26. The van der Waals surface area contributed by atoms with Crippen LogP contribution in [0.25, 0.3) is 0 Å². The van der Waals surface area contributed by atoms with Gasteiger partial charge < -0.3 is 15.0 Å². The molecular weight excluding hydrogens is 321 g/mol. The predicted molar refractivity (Wildman–Crippen MR) is 93.0 cm³/mol. The van der Waals surface area contributed by atoms with Crippen molar-refractivity contribution in [1.29, 1.82) is 0 Å². The highest BCUT2D eigenvalue weighted by Gasteiger charge is 2.23. The Hall–Kier alpha value is -2.63. The molecule has 0 atom stereocenters. The van der Waals surface area contributed by atoms with Crippen LogP contribution in [0.15, 0.2) is 48.8 Å². The van der Waals surface area contributed by atoms with Gasteiger partial charge in [0.1, 0.15) is 17.7 Å². The van der Waals surface area contributed by atoms with Crippen LogP contribution in [0.5, 0.6) is 5.75 Å². The lowest BCUT2D eigenvalue weighted by Crippen LogP contribution is -2.46. The highest BCUT2D eigenvalue weighted by Crippen LogP contribution is 2.19. The fourth-order valence-electron chi connectivity index (χ4n) is 2.85. The van der Waals surface area contributed by atoms with Crippen molar-refractivity contribution in [3.8, 4) is 5.75 Å². The second-order valence-corrected chi connectivity index (χ2v) is 6.10. The molecule has 1 saturated heterocycles. The number of carbonyl (C=O) groups is 1. The first kappa shape index (κ1) is 17.2. The maximum absolute atomic E-state index is 12.9. The van der Waals surface area contributed by atoms with Gasteiger partial charge in [0.25, 0.3) is 0 Å². The predicted octanol–water partition coefficient (Wildman–Crippen LogP) is 3.02. The Bertz CT molecular complexity index is 671. The molecule has 2 amide bonds. The van der Waals surface area contributed by atoms with E-state index >= 15 is 0 Å². The number of carbonyl (C=O) groups excluding carboxylic acids is 1. The van der Waals surface area contributed by atoms with Crippen LogP contribution in [-0.4, -0.2) is 41.7 Å². The quantitative estimate of drug-likeness (QED) is 0.908. The van der Waals surface area contributed by atoms with E-state index < -0.39 is 0 Å². The topological polar surface area (TPSA) is 54.5 Å². The van der Waals surface area contributed by atoms with E-state index in [2.05, 4.69) is 10.3 Å². The molecule has 1 N–H and O–H groups in total. The van der Waals surface area contributed by atoms with E-state index in [1.807, 2.05) is 23.2 Å². The maximum atomic E-state index is 12.9. The van der Waals surface area contributed by atoms with E-state index in [0.717, 1.165) is 24.8 Å². The van der Waals surface area contributed by atoms with Crippen LogP contribution in [0.3, 0.4) is 0 Å². The lowest BCUT2D eigenvalue weighted by Gasteiger charge is -2.32. The minimum absolute atomic E-state index is 0.0378. The fourth-order valence-corrected chi connectivity index (χ4v) is 2.85. The van der Waals surface area contributed by atoms with E-state index in [-0.39, 0.29) is 18.0 Å². The molecule has 0 bridgehead atoms. The summed E-state index contributed by atoms with van der Waals surface area (Å²) in [6.07, 6.45) is 5.92. The molecule has 0 radical (unpaired) electrons. The molecule has 5 nitrogen and oxygen atoms in total. The molecule has 0 spiro atoms. The van der Waals surface area contributed by atoms with Crippen molar-refractivity contribution >= 4 is 6.03 Å². The van der Waals surface area contributed by atoms with E-state index in [1.54, 1.807) is 18.3 Å². The Morgan fingerprint density at radius 2 is 2.00 bits per heavy atom. The van der Waals surface area contributed by atoms with Crippen LogP contribution in [0.4, 0.5) is 9.18 Å². The Balaban J connectivity index is 1.38. The number of hydrogen-bond donors (Lipinski definition) is 1. The first-order valence-corrected chi connectivity index (χ1v) is 8.54. The molecule has 2 heterocycles. The standard InChI is InChI=1S/C19H22FN3O2/c20-16-3-5-17(6-4-16)25-18-8-12-23(13-9-18)19(24)22-11-7-15-2-1-10-21-14-15/h1-6,10,14,18H,7-9,11-13H2,(H,22,24). The van der Waals surface area contributed by atoms with Crippen molar-refractivity contribution in [2.75, 3.05) is 19.6 Å². The molecule has 1 fully saturated rings. The number of benzene rings is 1. The van der Waals surface area contributed by atoms with Crippen LogP contribution < -0.4 is 10.1 Å². The molecule has 0 saturated carbocycles. The van der Waals surface area contributed by atoms with Gasteiger partial charge in [0, 0.05) is 44.9 Å². The van der Waals surface area contributed by atoms with Crippen molar-refractivity contribution in [2.45, 2.75) is 25.4 Å². The Morgan fingerprint density at radius 3 is 2.68 bits per heavy atom. The molecule has 1 aromatic heterocycles. The molecule has 0 aliphatic carbocycles. The van der Waals surface area contributed by atoms with Gasteiger partial charge in [0.2, 0.25) is 0 Å². The highest BCUT2D eigenvalue weighted by atomic mass is 19.1. The second-order valence-electron chi connectivity index (χ2n) is 6.10. The molecule has 3 rings (SSSR count). The molecule has 2 aromatic rings. The van der Waals surface area contributed by atoms with E-state index in [9.17, 15) is 9.18 Å². The number of nitrogens with one attached hydrogen (secondary N) is 1. The zero-order valence-electron chi connectivity index (χ0n) is 14.0. The van der Waals surface area contributed by atoms with Gasteiger partial charge in [-0.15, -0.1) is 0 Å². The van der Waals surface area contributed by atoms with E-state index in [1.165, 1.54) is 12.1 Å². The summed E-state index contributed by atoms with van der Waals surface area (Å²) in [5.74, 6) is 0.394. The maximum Gasteiger partial charge on any atom is 0.317 e. The van der Waals surface area contributed by atoms with Crippen molar-refractivity contribution in [1.82, 2.24) is 15.2 Å². The fraction of sp³-hybridized carbons (Fsp3) is 0.368.